The van der Waals surface area contributed by atoms with Crippen LogP contribution < -0.4 is 0 Å². The van der Waals surface area contributed by atoms with Gasteiger partial charge in [-0.3, -0.25) is 9.78 Å². The Balaban J connectivity index is 2.44. The van der Waals surface area contributed by atoms with Crippen LogP contribution >= 0.6 is 0 Å². The molecule has 0 aliphatic rings. The Labute approximate surface area is 99.1 Å². The molecule has 0 atom stereocenters. The molecular weight excluding hydrogens is 217 g/mol. The first-order valence-corrected chi connectivity index (χ1v) is 5.32. The Morgan fingerprint density at radius 1 is 1.12 bits per heavy atom. The molecule has 2 nitrogen and oxygen atoms in total. The molecule has 0 fully saturated rings. The quantitative estimate of drug-likeness (QED) is 0.739. The molecule has 0 saturated carbocycles. The molecule has 2 aromatic rings. The maximum absolute atomic E-state index is 12.8. The highest BCUT2D eigenvalue weighted by Gasteiger charge is 2.07. The summed E-state index contributed by atoms with van der Waals surface area (Å²) in [5, 5.41) is 0. The standard InChI is InChI=1S/C14H12FNO/c1-9-13(10(2)17)7-8-14(16-9)11-3-5-12(15)6-4-11/h3-8H,1-2H3. The van der Waals surface area contributed by atoms with Crippen molar-refractivity contribution >= 4 is 5.78 Å². The summed E-state index contributed by atoms with van der Waals surface area (Å²) < 4.78 is 12.8. The highest BCUT2D eigenvalue weighted by molar-refractivity contribution is 5.95. The van der Waals surface area contributed by atoms with Crippen molar-refractivity contribution in [2.75, 3.05) is 0 Å². The Hall–Kier alpha value is -2.03. The number of ketones is 1. The summed E-state index contributed by atoms with van der Waals surface area (Å²) in [7, 11) is 0. The van der Waals surface area contributed by atoms with Gasteiger partial charge in [-0.1, -0.05) is 0 Å². The number of halogens is 1. The number of carbonyl (C=O) groups excluding carboxylic acids is 1. The van der Waals surface area contributed by atoms with Gasteiger partial charge in [-0.2, -0.15) is 0 Å². The van der Waals surface area contributed by atoms with E-state index < -0.39 is 0 Å². The van der Waals surface area contributed by atoms with E-state index in [4.69, 9.17) is 0 Å². The number of aromatic nitrogens is 1. The summed E-state index contributed by atoms with van der Waals surface area (Å²) in [6.07, 6.45) is 0. The van der Waals surface area contributed by atoms with Gasteiger partial charge in [0.05, 0.1) is 5.69 Å². The number of nitrogens with zero attached hydrogens (tertiary/aromatic N) is 1. The van der Waals surface area contributed by atoms with E-state index in [1.165, 1.54) is 19.1 Å². The van der Waals surface area contributed by atoms with Crippen LogP contribution in [0.5, 0.6) is 0 Å². The molecule has 0 aliphatic heterocycles. The zero-order valence-electron chi connectivity index (χ0n) is 9.70. The average molecular weight is 229 g/mol. The van der Waals surface area contributed by atoms with Crippen LogP contribution in [0, 0.1) is 12.7 Å². The molecule has 1 heterocycles. The van der Waals surface area contributed by atoms with Gasteiger partial charge in [0.1, 0.15) is 5.82 Å². The second kappa shape index (κ2) is 4.45. The molecule has 0 unspecified atom stereocenters. The zero-order valence-corrected chi connectivity index (χ0v) is 9.70. The third kappa shape index (κ3) is 2.38. The molecule has 0 N–H and O–H groups in total. The lowest BCUT2D eigenvalue weighted by atomic mass is 10.1. The van der Waals surface area contributed by atoms with Gasteiger partial charge in [-0.25, -0.2) is 4.39 Å². The monoisotopic (exact) mass is 229 g/mol. The summed E-state index contributed by atoms with van der Waals surface area (Å²) >= 11 is 0. The van der Waals surface area contributed by atoms with E-state index in [1.54, 1.807) is 31.2 Å². The van der Waals surface area contributed by atoms with Crippen molar-refractivity contribution in [1.82, 2.24) is 4.98 Å². The van der Waals surface area contributed by atoms with Crippen LogP contribution in [0.1, 0.15) is 23.0 Å². The predicted octanol–water partition coefficient (Wildman–Crippen LogP) is 3.40. The summed E-state index contributed by atoms with van der Waals surface area (Å²) in [6, 6.07) is 9.66. The van der Waals surface area contributed by atoms with Crippen LogP contribution in [-0.4, -0.2) is 10.8 Å². The first kappa shape index (κ1) is 11.5. The average Bonchev–Trinajstić information content (AvgIpc) is 2.29. The van der Waals surface area contributed by atoms with Gasteiger partial charge in [-0.15, -0.1) is 0 Å². The van der Waals surface area contributed by atoms with Gasteiger partial charge in [0.15, 0.2) is 5.78 Å². The number of hydrogen-bond acceptors (Lipinski definition) is 2. The van der Waals surface area contributed by atoms with Crippen molar-refractivity contribution in [3.8, 4) is 11.3 Å². The van der Waals surface area contributed by atoms with Crippen LogP contribution in [0.4, 0.5) is 4.39 Å². The summed E-state index contributed by atoms with van der Waals surface area (Å²) in [4.78, 5) is 15.6. The number of rotatable bonds is 2. The van der Waals surface area contributed by atoms with E-state index in [0.717, 1.165) is 11.3 Å². The summed E-state index contributed by atoms with van der Waals surface area (Å²) in [6.45, 7) is 3.31. The van der Waals surface area contributed by atoms with Crippen molar-refractivity contribution in [2.24, 2.45) is 0 Å². The fourth-order valence-electron chi connectivity index (χ4n) is 1.71. The molecule has 0 spiro atoms. The molecule has 3 heteroatoms. The highest BCUT2D eigenvalue weighted by atomic mass is 19.1. The van der Waals surface area contributed by atoms with E-state index in [0.29, 0.717) is 11.3 Å². The number of hydrogen-bond donors (Lipinski definition) is 0. The van der Waals surface area contributed by atoms with Gasteiger partial charge < -0.3 is 0 Å². The predicted molar refractivity (Wildman–Crippen MR) is 64.4 cm³/mol. The number of pyridine rings is 1. The van der Waals surface area contributed by atoms with Gasteiger partial charge in [0, 0.05) is 16.8 Å². The van der Waals surface area contributed by atoms with Crippen molar-refractivity contribution < 1.29 is 9.18 Å². The lowest BCUT2D eigenvalue weighted by molar-refractivity contribution is 0.101. The number of carbonyl (C=O) groups is 1. The van der Waals surface area contributed by atoms with Crippen molar-refractivity contribution in [3.63, 3.8) is 0 Å². The van der Waals surface area contributed by atoms with E-state index in [9.17, 15) is 9.18 Å². The fourth-order valence-corrected chi connectivity index (χ4v) is 1.71. The molecule has 0 amide bonds. The molecule has 2 rings (SSSR count). The molecule has 0 radical (unpaired) electrons. The van der Waals surface area contributed by atoms with E-state index >= 15 is 0 Å². The third-order valence-electron chi connectivity index (χ3n) is 2.61. The molecule has 0 bridgehead atoms. The van der Waals surface area contributed by atoms with Crippen molar-refractivity contribution in [2.45, 2.75) is 13.8 Å². The summed E-state index contributed by atoms with van der Waals surface area (Å²) in [5.74, 6) is -0.272. The Kier molecular flexibility index (Phi) is 3.00. The minimum absolute atomic E-state index is 0.000608. The van der Waals surface area contributed by atoms with Gasteiger partial charge in [-0.05, 0) is 50.2 Å². The SMILES string of the molecule is CC(=O)c1ccc(-c2ccc(F)cc2)nc1C. The molecule has 1 aromatic heterocycles. The zero-order chi connectivity index (χ0) is 12.4. The van der Waals surface area contributed by atoms with Crippen LogP contribution in [0.25, 0.3) is 11.3 Å². The normalized spacial score (nSPS) is 10.3. The van der Waals surface area contributed by atoms with Gasteiger partial charge in [0.25, 0.3) is 0 Å². The van der Waals surface area contributed by atoms with Crippen molar-refractivity contribution in [1.29, 1.82) is 0 Å². The molecular formula is C14H12FNO. The first-order valence-electron chi connectivity index (χ1n) is 5.32. The third-order valence-corrected chi connectivity index (χ3v) is 2.61. The topological polar surface area (TPSA) is 30.0 Å². The van der Waals surface area contributed by atoms with Gasteiger partial charge in [0.2, 0.25) is 0 Å². The largest absolute Gasteiger partial charge is 0.294 e. The molecule has 17 heavy (non-hydrogen) atoms. The minimum atomic E-state index is -0.272. The lowest BCUT2D eigenvalue weighted by Crippen LogP contribution is -1.99. The van der Waals surface area contributed by atoms with Gasteiger partial charge >= 0.3 is 0 Å². The maximum atomic E-state index is 12.8. The van der Waals surface area contributed by atoms with Crippen LogP contribution in [0.3, 0.4) is 0 Å². The van der Waals surface area contributed by atoms with Crippen LogP contribution in [-0.2, 0) is 0 Å². The smallest absolute Gasteiger partial charge is 0.161 e. The molecule has 86 valence electrons. The number of aryl methyl sites for hydroxylation is 1. The van der Waals surface area contributed by atoms with E-state index in [2.05, 4.69) is 4.98 Å². The van der Waals surface area contributed by atoms with Crippen LogP contribution in [0.15, 0.2) is 36.4 Å². The number of benzene rings is 1. The molecule has 1 aromatic carbocycles. The first-order chi connectivity index (χ1) is 8.08. The molecule has 0 saturated heterocycles. The minimum Gasteiger partial charge on any atom is -0.294 e. The lowest BCUT2D eigenvalue weighted by Gasteiger charge is -2.05. The summed E-state index contributed by atoms with van der Waals surface area (Å²) in [5.41, 5.74) is 2.90. The second-order valence-corrected chi connectivity index (χ2v) is 3.89. The molecule has 0 aliphatic carbocycles. The van der Waals surface area contributed by atoms with Crippen molar-refractivity contribution in [3.05, 3.63) is 53.5 Å². The Bertz CT molecular complexity index is 561. The Morgan fingerprint density at radius 2 is 1.76 bits per heavy atom. The van der Waals surface area contributed by atoms with Crippen LogP contribution in [0.2, 0.25) is 0 Å². The van der Waals surface area contributed by atoms with E-state index in [1.807, 2.05) is 0 Å². The maximum Gasteiger partial charge on any atom is 0.161 e. The highest BCUT2D eigenvalue weighted by Crippen LogP contribution is 2.19. The van der Waals surface area contributed by atoms with E-state index in [-0.39, 0.29) is 11.6 Å². The second-order valence-electron chi connectivity index (χ2n) is 3.89. The Morgan fingerprint density at radius 3 is 2.29 bits per heavy atom. The fraction of sp³-hybridized carbons (Fsp3) is 0.143. The number of Topliss-reactive ketones (excluding diaryl/α,β-unsaturated/α-hetero) is 1.